The van der Waals surface area contributed by atoms with E-state index in [1.165, 1.54) is 10.4 Å². The molecule has 2 aromatic heterocycles. The predicted octanol–water partition coefficient (Wildman–Crippen LogP) is 3.50. The molecule has 0 amide bonds. The van der Waals surface area contributed by atoms with E-state index in [2.05, 4.69) is 40.3 Å². The van der Waals surface area contributed by atoms with Crippen LogP contribution in [0.1, 0.15) is 12.8 Å². The molecule has 3 aromatic rings. The molecule has 0 spiro atoms. The van der Waals surface area contributed by atoms with Crippen LogP contribution in [0.15, 0.2) is 41.8 Å². The molecule has 0 fully saturated rings. The summed E-state index contributed by atoms with van der Waals surface area (Å²) < 4.78 is 2.32. The highest BCUT2D eigenvalue weighted by Crippen LogP contribution is 2.28. The molecule has 0 aliphatic carbocycles. The molecule has 1 aromatic carbocycles. The van der Waals surface area contributed by atoms with Gasteiger partial charge in [0.15, 0.2) is 5.82 Å². The third-order valence-corrected chi connectivity index (χ3v) is 4.10. The number of fused-ring (bicyclic) bond motifs is 1. The van der Waals surface area contributed by atoms with Crippen LogP contribution in [0.3, 0.4) is 0 Å². The number of thiophene rings is 1. The number of hydrogen-bond donors (Lipinski definition) is 1. The summed E-state index contributed by atoms with van der Waals surface area (Å²) in [5, 5.41) is 2.10. The van der Waals surface area contributed by atoms with Gasteiger partial charge in [0.2, 0.25) is 0 Å². The number of benzene rings is 1. The van der Waals surface area contributed by atoms with Crippen molar-refractivity contribution in [2.45, 2.75) is 19.4 Å². The van der Waals surface area contributed by atoms with Crippen LogP contribution in [0.25, 0.3) is 21.7 Å². The number of aryl methyl sites for hydroxylation is 1. The maximum Gasteiger partial charge on any atom is 0.151 e. The van der Waals surface area contributed by atoms with Gasteiger partial charge in [0.25, 0.3) is 0 Å². The van der Waals surface area contributed by atoms with Gasteiger partial charge in [-0.1, -0.05) is 18.2 Å². The first-order chi connectivity index (χ1) is 9.40. The monoisotopic (exact) mass is 271 g/mol. The van der Waals surface area contributed by atoms with Crippen molar-refractivity contribution in [2.75, 3.05) is 6.54 Å². The van der Waals surface area contributed by atoms with Crippen molar-refractivity contribution in [3.8, 4) is 10.7 Å². The van der Waals surface area contributed by atoms with Crippen molar-refractivity contribution < 1.29 is 0 Å². The average Bonchev–Trinajstić information content (AvgIpc) is 3.06. The van der Waals surface area contributed by atoms with Gasteiger partial charge in [0, 0.05) is 6.54 Å². The maximum atomic E-state index is 5.59. The standard InChI is InChI=1S/C15H17N3S/c16-9-3-4-10-18-13-7-2-1-6-12(13)17-15(18)14-8-5-11-19-14/h1-2,5-8,11H,3-4,9-10,16H2. The highest BCUT2D eigenvalue weighted by Gasteiger charge is 2.12. The van der Waals surface area contributed by atoms with Gasteiger partial charge in [0.05, 0.1) is 15.9 Å². The van der Waals surface area contributed by atoms with E-state index >= 15 is 0 Å². The minimum Gasteiger partial charge on any atom is -0.330 e. The van der Waals surface area contributed by atoms with Crippen LogP contribution in [0.2, 0.25) is 0 Å². The molecule has 19 heavy (non-hydrogen) atoms. The molecule has 0 unspecified atom stereocenters. The van der Waals surface area contributed by atoms with Crippen molar-refractivity contribution in [1.82, 2.24) is 9.55 Å². The lowest BCUT2D eigenvalue weighted by Gasteiger charge is -2.07. The molecule has 0 atom stereocenters. The highest BCUT2D eigenvalue weighted by molar-refractivity contribution is 7.13. The lowest BCUT2D eigenvalue weighted by molar-refractivity contribution is 0.632. The number of para-hydroxylation sites is 2. The molecule has 0 aliphatic rings. The molecule has 3 rings (SSSR count). The van der Waals surface area contributed by atoms with Crippen molar-refractivity contribution in [1.29, 1.82) is 0 Å². The van der Waals surface area contributed by atoms with Gasteiger partial charge < -0.3 is 10.3 Å². The normalized spacial score (nSPS) is 11.2. The summed E-state index contributed by atoms with van der Waals surface area (Å²) in [5.74, 6) is 1.08. The molecule has 3 nitrogen and oxygen atoms in total. The van der Waals surface area contributed by atoms with E-state index in [9.17, 15) is 0 Å². The van der Waals surface area contributed by atoms with E-state index in [1.54, 1.807) is 11.3 Å². The fourth-order valence-electron chi connectivity index (χ4n) is 2.31. The van der Waals surface area contributed by atoms with Crippen LogP contribution in [0, 0.1) is 0 Å². The number of nitrogens with zero attached hydrogens (tertiary/aromatic N) is 2. The zero-order valence-electron chi connectivity index (χ0n) is 10.7. The van der Waals surface area contributed by atoms with Crippen molar-refractivity contribution in [3.63, 3.8) is 0 Å². The largest absolute Gasteiger partial charge is 0.330 e. The second kappa shape index (κ2) is 5.55. The van der Waals surface area contributed by atoms with E-state index in [0.717, 1.165) is 37.3 Å². The fraction of sp³-hybridized carbons (Fsp3) is 0.267. The summed E-state index contributed by atoms with van der Waals surface area (Å²) in [7, 11) is 0. The first kappa shape index (κ1) is 12.4. The minimum atomic E-state index is 0.751. The van der Waals surface area contributed by atoms with Crippen molar-refractivity contribution in [3.05, 3.63) is 41.8 Å². The number of nitrogens with two attached hydrogens (primary N) is 1. The molecule has 2 N–H and O–H groups in total. The van der Waals surface area contributed by atoms with Crippen LogP contribution < -0.4 is 5.73 Å². The molecule has 2 heterocycles. The van der Waals surface area contributed by atoms with Gasteiger partial charge in [-0.15, -0.1) is 11.3 Å². The van der Waals surface area contributed by atoms with E-state index in [0.29, 0.717) is 0 Å². The fourth-order valence-corrected chi connectivity index (χ4v) is 3.03. The Hall–Kier alpha value is -1.65. The zero-order chi connectivity index (χ0) is 13.1. The Morgan fingerprint density at radius 1 is 1.11 bits per heavy atom. The summed E-state index contributed by atoms with van der Waals surface area (Å²) >= 11 is 1.74. The summed E-state index contributed by atoms with van der Waals surface area (Å²) in [4.78, 5) is 6.00. The van der Waals surface area contributed by atoms with E-state index in [4.69, 9.17) is 10.7 Å². The first-order valence-corrected chi connectivity index (χ1v) is 7.47. The summed E-state index contributed by atoms with van der Waals surface area (Å²) in [6, 6.07) is 12.5. The lowest BCUT2D eigenvalue weighted by Crippen LogP contribution is -2.04. The topological polar surface area (TPSA) is 43.8 Å². The summed E-state index contributed by atoms with van der Waals surface area (Å²) in [5.41, 5.74) is 7.87. The molecular weight excluding hydrogens is 254 g/mol. The number of rotatable bonds is 5. The third kappa shape index (κ3) is 2.41. The molecule has 0 saturated carbocycles. The summed E-state index contributed by atoms with van der Waals surface area (Å²) in [6.45, 7) is 1.73. The second-order valence-electron chi connectivity index (χ2n) is 4.55. The van der Waals surface area contributed by atoms with Gasteiger partial charge in [-0.05, 0) is 43.0 Å². The Morgan fingerprint density at radius 3 is 2.79 bits per heavy atom. The maximum absolute atomic E-state index is 5.59. The Bertz CT molecular complexity index is 655. The van der Waals surface area contributed by atoms with Crippen molar-refractivity contribution >= 4 is 22.4 Å². The zero-order valence-corrected chi connectivity index (χ0v) is 11.6. The first-order valence-electron chi connectivity index (χ1n) is 6.59. The lowest BCUT2D eigenvalue weighted by atomic mass is 10.3. The minimum absolute atomic E-state index is 0.751. The Kier molecular flexibility index (Phi) is 3.62. The molecule has 0 bridgehead atoms. The van der Waals surface area contributed by atoms with Gasteiger partial charge in [-0.2, -0.15) is 0 Å². The quantitative estimate of drug-likeness (QED) is 0.722. The SMILES string of the molecule is NCCCCn1c(-c2cccs2)nc2ccccc21. The van der Waals surface area contributed by atoms with Crippen molar-refractivity contribution in [2.24, 2.45) is 5.73 Å². The Labute approximate surface area is 116 Å². The Morgan fingerprint density at radius 2 is 2.00 bits per heavy atom. The number of unbranched alkanes of at least 4 members (excludes halogenated alkanes) is 1. The molecule has 0 saturated heterocycles. The van der Waals surface area contributed by atoms with Crippen LogP contribution in [0.5, 0.6) is 0 Å². The van der Waals surface area contributed by atoms with Crippen LogP contribution in [-0.2, 0) is 6.54 Å². The number of imidazole rings is 1. The number of hydrogen-bond acceptors (Lipinski definition) is 3. The molecule has 0 radical (unpaired) electrons. The smallest absolute Gasteiger partial charge is 0.151 e. The van der Waals surface area contributed by atoms with Gasteiger partial charge in [0.1, 0.15) is 0 Å². The number of aromatic nitrogens is 2. The molecule has 98 valence electrons. The highest BCUT2D eigenvalue weighted by atomic mass is 32.1. The molecule has 4 heteroatoms. The van der Waals surface area contributed by atoms with Gasteiger partial charge in [-0.25, -0.2) is 4.98 Å². The van der Waals surface area contributed by atoms with Crippen LogP contribution >= 0.6 is 11.3 Å². The third-order valence-electron chi connectivity index (χ3n) is 3.23. The van der Waals surface area contributed by atoms with Gasteiger partial charge in [-0.3, -0.25) is 0 Å². The average molecular weight is 271 g/mol. The van der Waals surface area contributed by atoms with Crippen LogP contribution in [-0.4, -0.2) is 16.1 Å². The predicted molar refractivity (Wildman–Crippen MR) is 81.3 cm³/mol. The molecular formula is C15H17N3S. The summed E-state index contributed by atoms with van der Waals surface area (Å²) in [6.07, 6.45) is 2.14. The van der Waals surface area contributed by atoms with Gasteiger partial charge >= 0.3 is 0 Å². The second-order valence-corrected chi connectivity index (χ2v) is 5.50. The van der Waals surface area contributed by atoms with E-state index in [-0.39, 0.29) is 0 Å². The van der Waals surface area contributed by atoms with Crippen LogP contribution in [0.4, 0.5) is 0 Å². The molecule has 0 aliphatic heterocycles. The Balaban J connectivity index is 2.06. The van der Waals surface area contributed by atoms with E-state index < -0.39 is 0 Å². The van der Waals surface area contributed by atoms with E-state index in [1.807, 2.05) is 6.07 Å².